The van der Waals surface area contributed by atoms with E-state index in [0.29, 0.717) is 6.54 Å². The molecular formula is C12H17NO2. The van der Waals surface area contributed by atoms with E-state index < -0.39 is 0 Å². The third-order valence-corrected chi connectivity index (χ3v) is 2.62. The number of carbonyl (C=O) groups excluding carboxylic acids is 1. The zero-order valence-corrected chi connectivity index (χ0v) is 9.43. The SMILES string of the molecule is COc1ccc([C@@H](C)N(C)CC=O)cc1. The molecule has 0 fully saturated rings. The fourth-order valence-electron chi connectivity index (χ4n) is 1.41. The summed E-state index contributed by atoms with van der Waals surface area (Å²) in [6, 6.07) is 8.14. The van der Waals surface area contributed by atoms with Crippen LogP contribution in [-0.4, -0.2) is 31.9 Å². The molecule has 0 heterocycles. The zero-order valence-electron chi connectivity index (χ0n) is 9.43. The number of nitrogens with zero attached hydrogens (tertiary/aromatic N) is 1. The molecule has 1 aromatic carbocycles. The molecule has 0 amide bonds. The number of methoxy groups -OCH3 is 1. The van der Waals surface area contributed by atoms with E-state index in [1.165, 1.54) is 5.56 Å². The van der Waals surface area contributed by atoms with Crippen molar-refractivity contribution in [3.05, 3.63) is 29.8 Å². The van der Waals surface area contributed by atoms with Crippen molar-refractivity contribution in [2.24, 2.45) is 0 Å². The maximum absolute atomic E-state index is 10.4. The Bertz CT molecular complexity index is 308. The molecule has 0 bridgehead atoms. The van der Waals surface area contributed by atoms with Crippen molar-refractivity contribution in [3.63, 3.8) is 0 Å². The summed E-state index contributed by atoms with van der Waals surface area (Å²) < 4.78 is 5.09. The lowest BCUT2D eigenvalue weighted by atomic mass is 10.1. The van der Waals surface area contributed by atoms with Gasteiger partial charge in [-0.25, -0.2) is 0 Å². The molecule has 0 saturated carbocycles. The van der Waals surface area contributed by atoms with Crippen LogP contribution < -0.4 is 4.74 Å². The standard InChI is InChI=1S/C12H17NO2/c1-10(13(2)8-9-14)11-4-6-12(15-3)7-5-11/h4-7,9-10H,8H2,1-3H3/t10-/m1/s1. The maximum Gasteiger partial charge on any atom is 0.133 e. The van der Waals surface area contributed by atoms with E-state index in [2.05, 4.69) is 6.92 Å². The summed E-state index contributed by atoms with van der Waals surface area (Å²) in [6.45, 7) is 2.53. The van der Waals surface area contributed by atoms with Gasteiger partial charge in [0, 0.05) is 6.04 Å². The molecule has 0 radical (unpaired) electrons. The maximum atomic E-state index is 10.4. The minimum absolute atomic E-state index is 0.237. The minimum Gasteiger partial charge on any atom is -0.497 e. The second-order valence-electron chi connectivity index (χ2n) is 3.56. The van der Waals surface area contributed by atoms with Gasteiger partial charge in [-0.1, -0.05) is 12.1 Å². The minimum atomic E-state index is 0.237. The highest BCUT2D eigenvalue weighted by Crippen LogP contribution is 2.20. The Morgan fingerprint density at radius 2 is 2.00 bits per heavy atom. The van der Waals surface area contributed by atoms with Gasteiger partial charge in [-0.2, -0.15) is 0 Å². The molecule has 1 aromatic rings. The van der Waals surface area contributed by atoms with Crippen LogP contribution in [0, 0.1) is 0 Å². The lowest BCUT2D eigenvalue weighted by Crippen LogP contribution is -2.24. The van der Waals surface area contributed by atoms with Crippen molar-refractivity contribution in [2.45, 2.75) is 13.0 Å². The van der Waals surface area contributed by atoms with Gasteiger partial charge in [0.15, 0.2) is 0 Å². The summed E-state index contributed by atoms with van der Waals surface area (Å²) in [4.78, 5) is 12.4. The second kappa shape index (κ2) is 5.51. The van der Waals surface area contributed by atoms with Gasteiger partial charge in [-0.15, -0.1) is 0 Å². The summed E-state index contributed by atoms with van der Waals surface area (Å²) in [7, 11) is 3.58. The molecule has 1 rings (SSSR count). The molecule has 0 aliphatic carbocycles. The van der Waals surface area contributed by atoms with Gasteiger partial charge >= 0.3 is 0 Å². The third kappa shape index (κ3) is 3.06. The second-order valence-corrected chi connectivity index (χ2v) is 3.56. The summed E-state index contributed by atoms with van der Waals surface area (Å²) >= 11 is 0. The number of rotatable bonds is 5. The lowest BCUT2D eigenvalue weighted by molar-refractivity contribution is -0.109. The van der Waals surface area contributed by atoms with Gasteiger partial charge in [0.05, 0.1) is 13.7 Å². The largest absolute Gasteiger partial charge is 0.497 e. The first-order chi connectivity index (χ1) is 7.19. The predicted octanol–water partition coefficient (Wildman–Crippen LogP) is 1.89. The van der Waals surface area contributed by atoms with Gasteiger partial charge in [0.25, 0.3) is 0 Å². The molecular weight excluding hydrogens is 190 g/mol. The molecule has 0 aliphatic rings. The Kier molecular flexibility index (Phi) is 4.31. The first-order valence-corrected chi connectivity index (χ1v) is 4.97. The van der Waals surface area contributed by atoms with Crippen LogP contribution in [0.25, 0.3) is 0 Å². The van der Waals surface area contributed by atoms with E-state index in [-0.39, 0.29) is 6.04 Å². The third-order valence-electron chi connectivity index (χ3n) is 2.62. The molecule has 0 aromatic heterocycles. The van der Waals surface area contributed by atoms with Crippen LogP contribution in [0.4, 0.5) is 0 Å². The Hall–Kier alpha value is -1.35. The Labute approximate surface area is 90.7 Å². The monoisotopic (exact) mass is 207 g/mol. The topological polar surface area (TPSA) is 29.5 Å². The lowest BCUT2D eigenvalue weighted by Gasteiger charge is -2.22. The molecule has 15 heavy (non-hydrogen) atoms. The predicted molar refractivity (Wildman–Crippen MR) is 60.1 cm³/mol. The van der Waals surface area contributed by atoms with Crippen molar-refractivity contribution in [2.75, 3.05) is 20.7 Å². The highest BCUT2D eigenvalue weighted by atomic mass is 16.5. The van der Waals surface area contributed by atoms with Crippen molar-refractivity contribution in [1.29, 1.82) is 0 Å². The zero-order chi connectivity index (χ0) is 11.3. The average Bonchev–Trinajstić information content (AvgIpc) is 2.28. The normalized spacial score (nSPS) is 12.5. The molecule has 3 nitrogen and oxygen atoms in total. The number of hydrogen-bond acceptors (Lipinski definition) is 3. The number of aldehydes is 1. The van der Waals surface area contributed by atoms with Crippen LogP contribution in [0.3, 0.4) is 0 Å². The van der Waals surface area contributed by atoms with Crippen LogP contribution >= 0.6 is 0 Å². The fraction of sp³-hybridized carbons (Fsp3) is 0.417. The fourth-order valence-corrected chi connectivity index (χ4v) is 1.41. The molecule has 1 atom stereocenters. The Balaban J connectivity index is 2.72. The van der Waals surface area contributed by atoms with E-state index in [9.17, 15) is 4.79 Å². The number of carbonyl (C=O) groups is 1. The van der Waals surface area contributed by atoms with Gasteiger partial charge in [0.1, 0.15) is 12.0 Å². The molecule has 0 aliphatic heterocycles. The van der Waals surface area contributed by atoms with Crippen molar-refractivity contribution in [1.82, 2.24) is 4.90 Å². The number of benzene rings is 1. The first-order valence-electron chi connectivity index (χ1n) is 4.97. The summed E-state index contributed by atoms with van der Waals surface area (Å²) in [5, 5.41) is 0. The van der Waals surface area contributed by atoms with E-state index >= 15 is 0 Å². The van der Waals surface area contributed by atoms with Crippen LogP contribution in [0.15, 0.2) is 24.3 Å². The van der Waals surface area contributed by atoms with Crippen LogP contribution in [-0.2, 0) is 4.79 Å². The summed E-state index contributed by atoms with van der Waals surface area (Å²) in [5.74, 6) is 0.851. The number of hydrogen-bond donors (Lipinski definition) is 0. The highest BCUT2D eigenvalue weighted by molar-refractivity contribution is 5.52. The molecule has 82 valence electrons. The summed E-state index contributed by atoms with van der Waals surface area (Å²) in [5.41, 5.74) is 1.18. The molecule has 0 saturated heterocycles. The first kappa shape index (κ1) is 11.7. The quantitative estimate of drug-likeness (QED) is 0.690. The molecule has 0 spiro atoms. The van der Waals surface area contributed by atoms with Gasteiger partial charge in [0.2, 0.25) is 0 Å². The molecule has 0 unspecified atom stereocenters. The van der Waals surface area contributed by atoms with Crippen molar-refractivity contribution >= 4 is 6.29 Å². The number of ether oxygens (including phenoxy) is 1. The number of likely N-dealkylation sites (N-methyl/N-ethyl adjacent to an activating group) is 1. The molecule has 3 heteroatoms. The van der Waals surface area contributed by atoms with E-state index in [1.54, 1.807) is 7.11 Å². The highest BCUT2D eigenvalue weighted by Gasteiger charge is 2.10. The van der Waals surface area contributed by atoms with Gasteiger partial charge < -0.3 is 9.53 Å². The average molecular weight is 207 g/mol. The van der Waals surface area contributed by atoms with E-state index in [0.717, 1.165) is 12.0 Å². The van der Waals surface area contributed by atoms with E-state index in [4.69, 9.17) is 4.74 Å². The van der Waals surface area contributed by atoms with Crippen molar-refractivity contribution < 1.29 is 9.53 Å². The smallest absolute Gasteiger partial charge is 0.133 e. The van der Waals surface area contributed by atoms with Crippen LogP contribution in [0.1, 0.15) is 18.5 Å². The summed E-state index contributed by atoms with van der Waals surface area (Å²) in [6.07, 6.45) is 0.917. The Morgan fingerprint density at radius 1 is 1.40 bits per heavy atom. The van der Waals surface area contributed by atoms with Gasteiger partial charge in [-0.3, -0.25) is 4.90 Å². The van der Waals surface area contributed by atoms with Gasteiger partial charge in [-0.05, 0) is 31.7 Å². The van der Waals surface area contributed by atoms with Crippen LogP contribution in [0.2, 0.25) is 0 Å². The van der Waals surface area contributed by atoms with E-state index in [1.807, 2.05) is 36.2 Å². The Morgan fingerprint density at radius 3 is 2.47 bits per heavy atom. The molecule has 0 N–H and O–H groups in total. The van der Waals surface area contributed by atoms with Crippen molar-refractivity contribution in [3.8, 4) is 5.75 Å². The van der Waals surface area contributed by atoms with Crippen LogP contribution in [0.5, 0.6) is 5.75 Å².